The number of benzene rings is 2. The van der Waals surface area contributed by atoms with Crippen molar-refractivity contribution in [3.8, 4) is 0 Å². The van der Waals surface area contributed by atoms with Crippen LogP contribution < -0.4 is 10.6 Å². The lowest BCUT2D eigenvalue weighted by Crippen LogP contribution is -2.26. The number of rotatable bonds is 7. The van der Waals surface area contributed by atoms with E-state index in [1.807, 2.05) is 6.07 Å². The second-order valence-corrected chi connectivity index (χ2v) is 8.18. The normalized spacial score (nSPS) is 16.5. The maximum atomic E-state index is 12.8. The molecule has 7 nitrogen and oxygen atoms in total. The number of anilines is 2. The lowest BCUT2D eigenvalue weighted by Gasteiger charge is -2.13. The summed E-state index contributed by atoms with van der Waals surface area (Å²) in [5.41, 5.74) is 1.70. The Bertz CT molecular complexity index is 910. The number of hydrogen-bond donors (Lipinski definition) is 2. The van der Waals surface area contributed by atoms with E-state index in [1.165, 1.54) is 18.9 Å². The first kappa shape index (κ1) is 21.9. The lowest BCUT2D eigenvalue weighted by molar-refractivity contribution is -0.139. The number of methoxy groups -OCH3 is 1. The smallest absolute Gasteiger partial charge is 0.318 e. The molecule has 2 aromatic rings. The Hall–Kier alpha value is -2.84. The van der Waals surface area contributed by atoms with E-state index in [9.17, 15) is 14.4 Å². The molecule has 3 rings (SSSR count). The molecule has 0 bridgehead atoms. The third kappa shape index (κ3) is 5.61. The van der Waals surface area contributed by atoms with Crippen LogP contribution in [0.5, 0.6) is 0 Å². The van der Waals surface area contributed by atoms with Crippen LogP contribution in [0.1, 0.15) is 30.1 Å². The average Bonchev–Trinajstić information content (AvgIpc) is 3.30. The number of amides is 2. The number of nitrogens with one attached hydrogen (secondary N) is 2. The van der Waals surface area contributed by atoms with Gasteiger partial charge in [-0.15, -0.1) is 11.8 Å². The molecule has 1 aliphatic heterocycles. The van der Waals surface area contributed by atoms with Gasteiger partial charge in [0.25, 0.3) is 11.8 Å². The van der Waals surface area contributed by atoms with E-state index in [-0.39, 0.29) is 17.8 Å². The predicted molar refractivity (Wildman–Crippen MR) is 116 cm³/mol. The molecule has 0 unspecified atom stereocenters. The Morgan fingerprint density at radius 3 is 2.37 bits per heavy atom. The van der Waals surface area contributed by atoms with Crippen LogP contribution in [-0.2, 0) is 19.1 Å². The largest absolute Gasteiger partial charge is 0.468 e. The Morgan fingerprint density at radius 1 is 1.07 bits per heavy atom. The fourth-order valence-corrected chi connectivity index (χ4v) is 4.02. The highest BCUT2D eigenvalue weighted by atomic mass is 32.2. The van der Waals surface area contributed by atoms with Gasteiger partial charge in [-0.1, -0.05) is 12.1 Å². The van der Waals surface area contributed by atoms with Crippen LogP contribution in [0.15, 0.2) is 53.4 Å². The van der Waals surface area contributed by atoms with Crippen LogP contribution in [0.2, 0.25) is 0 Å². The van der Waals surface area contributed by atoms with E-state index < -0.39 is 11.4 Å². The van der Waals surface area contributed by atoms with E-state index >= 15 is 0 Å². The third-order valence-electron chi connectivity index (χ3n) is 4.60. The van der Waals surface area contributed by atoms with Crippen LogP contribution >= 0.6 is 11.8 Å². The fourth-order valence-electron chi connectivity index (χ4n) is 3.00. The van der Waals surface area contributed by atoms with Crippen LogP contribution in [0.25, 0.3) is 0 Å². The van der Waals surface area contributed by atoms with E-state index in [1.54, 1.807) is 49.4 Å². The van der Waals surface area contributed by atoms with Crippen molar-refractivity contribution in [2.75, 3.05) is 24.4 Å². The first-order valence-corrected chi connectivity index (χ1v) is 10.5. The van der Waals surface area contributed by atoms with Crippen molar-refractivity contribution in [2.45, 2.75) is 36.0 Å². The van der Waals surface area contributed by atoms with Gasteiger partial charge in [0.15, 0.2) is 0 Å². The molecule has 0 aliphatic carbocycles. The number of esters is 1. The van der Waals surface area contributed by atoms with Crippen LogP contribution in [0.3, 0.4) is 0 Å². The van der Waals surface area contributed by atoms with Gasteiger partial charge < -0.3 is 20.1 Å². The highest BCUT2D eigenvalue weighted by molar-refractivity contribution is 8.00. The van der Waals surface area contributed by atoms with Crippen molar-refractivity contribution in [1.29, 1.82) is 0 Å². The summed E-state index contributed by atoms with van der Waals surface area (Å²) in [4.78, 5) is 37.3. The Balaban J connectivity index is 1.63. The molecule has 2 aromatic carbocycles. The van der Waals surface area contributed by atoms with Gasteiger partial charge in [0.1, 0.15) is 11.4 Å². The molecular weight excluding hydrogens is 404 g/mol. The van der Waals surface area contributed by atoms with Crippen LogP contribution in [0.4, 0.5) is 11.4 Å². The first-order chi connectivity index (χ1) is 14.5. The minimum Gasteiger partial charge on any atom is -0.468 e. The highest BCUT2D eigenvalue weighted by Crippen LogP contribution is 2.28. The van der Waals surface area contributed by atoms with E-state index in [2.05, 4.69) is 10.6 Å². The molecule has 1 fully saturated rings. The SMILES string of the molecule is COC(=O)[C@H](C)Sc1ccccc1C(=O)Nc1ccc(NC(=O)[C@H]2CCCO2)cc1. The summed E-state index contributed by atoms with van der Waals surface area (Å²) < 4.78 is 10.1. The summed E-state index contributed by atoms with van der Waals surface area (Å²) in [5, 5.41) is 5.23. The summed E-state index contributed by atoms with van der Waals surface area (Å²) in [6.07, 6.45) is 1.22. The highest BCUT2D eigenvalue weighted by Gasteiger charge is 2.23. The number of carbonyl (C=O) groups is 3. The van der Waals surface area contributed by atoms with Crippen molar-refractivity contribution in [3.05, 3.63) is 54.1 Å². The van der Waals surface area contributed by atoms with E-state index in [4.69, 9.17) is 9.47 Å². The second-order valence-electron chi connectivity index (χ2n) is 6.80. The molecule has 1 saturated heterocycles. The van der Waals surface area contributed by atoms with E-state index in [0.717, 1.165) is 12.8 Å². The van der Waals surface area contributed by atoms with Crippen molar-refractivity contribution >= 4 is 40.9 Å². The third-order valence-corrected chi connectivity index (χ3v) is 5.76. The van der Waals surface area contributed by atoms with Gasteiger partial charge in [-0.2, -0.15) is 0 Å². The second kappa shape index (κ2) is 10.3. The summed E-state index contributed by atoms with van der Waals surface area (Å²) in [7, 11) is 1.34. The molecule has 2 N–H and O–H groups in total. The summed E-state index contributed by atoms with van der Waals surface area (Å²) in [6.45, 7) is 2.34. The predicted octanol–water partition coefficient (Wildman–Crippen LogP) is 3.71. The van der Waals surface area contributed by atoms with Gasteiger partial charge in [-0.25, -0.2) is 0 Å². The maximum Gasteiger partial charge on any atom is 0.318 e. The Kier molecular flexibility index (Phi) is 7.48. The summed E-state index contributed by atoms with van der Waals surface area (Å²) in [6, 6.07) is 14.0. The molecule has 2 amide bonds. The number of ether oxygens (including phenoxy) is 2. The van der Waals surface area contributed by atoms with E-state index in [0.29, 0.717) is 28.4 Å². The van der Waals surface area contributed by atoms with Crippen molar-refractivity contribution in [3.63, 3.8) is 0 Å². The molecule has 0 radical (unpaired) electrons. The Labute approximate surface area is 179 Å². The van der Waals surface area contributed by atoms with Gasteiger partial charge >= 0.3 is 5.97 Å². The van der Waals surface area contributed by atoms with Crippen LogP contribution in [0, 0.1) is 0 Å². The monoisotopic (exact) mass is 428 g/mol. The van der Waals surface area contributed by atoms with Gasteiger partial charge in [-0.05, 0) is 56.2 Å². The topological polar surface area (TPSA) is 93.7 Å². The molecule has 30 heavy (non-hydrogen) atoms. The quantitative estimate of drug-likeness (QED) is 0.516. The van der Waals surface area contributed by atoms with Gasteiger partial charge in [0.2, 0.25) is 0 Å². The van der Waals surface area contributed by atoms with Crippen LogP contribution in [-0.4, -0.2) is 42.9 Å². The molecule has 0 spiro atoms. The first-order valence-electron chi connectivity index (χ1n) is 9.65. The molecule has 0 aromatic heterocycles. The minimum absolute atomic E-state index is 0.157. The number of thioether (sulfide) groups is 1. The maximum absolute atomic E-state index is 12.8. The van der Waals surface area contributed by atoms with Crippen molar-refractivity contribution in [2.24, 2.45) is 0 Å². The minimum atomic E-state index is -0.435. The Morgan fingerprint density at radius 2 is 1.73 bits per heavy atom. The summed E-state index contributed by atoms with van der Waals surface area (Å²) >= 11 is 1.27. The van der Waals surface area contributed by atoms with Gasteiger partial charge in [0.05, 0.1) is 12.7 Å². The zero-order chi connectivity index (χ0) is 21.5. The molecule has 1 heterocycles. The molecule has 1 aliphatic rings. The van der Waals surface area contributed by atoms with Crippen molar-refractivity contribution in [1.82, 2.24) is 0 Å². The number of hydrogen-bond acceptors (Lipinski definition) is 6. The molecule has 8 heteroatoms. The van der Waals surface area contributed by atoms with Gasteiger partial charge in [-0.3, -0.25) is 14.4 Å². The standard InChI is InChI=1S/C22H24N2O5S/c1-14(22(27)28-2)30-19-8-4-3-6-17(19)20(25)23-15-9-11-16(12-10-15)24-21(26)18-7-5-13-29-18/h3-4,6,8-12,14,18H,5,7,13H2,1-2H3,(H,23,25)(H,24,26)/t14-,18+/m0/s1. The zero-order valence-electron chi connectivity index (χ0n) is 16.8. The average molecular weight is 429 g/mol. The zero-order valence-corrected chi connectivity index (χ0v) is 17.7. The molecule has 158 valence electrons. The molecular formula is C22H24N2O5S. The number of carbonyl (C=O) groups excluding carboxylic acids is 3. The van der Waals surface area contributed by atoms with Crippen molar-refractivity contribution < 1.29 is 23.9 Å². The molecule has 0 saturated carbocycles. The molecule has 2 atom stereocenters. The summed E-state index contributed by atoms with van der Waals surface area (Å²) in [5.74, 6) is -0.794. The van der Waals surface area contributed by atoms with Gasteiger partial charge in [0, 0.05) is 22.9 Å². The fraction of sp³-hybridized carbons (Fsp3) is 0.318. The lowest BCUT2D eigenvalue weighted by atomic mass is 10.2.